The molecule has 0 fully saturated rings. The number of pyridine rings is 1. The Morgan fingerprint density at radius 1 is 1.59 bits per heavy atom. The Balaban J connectivity index is 2.01. The minimum Gasteiger partial charge on any atom is -0.619 e. The number of anilines is 1. The summed E-state index contributed by atoms with van der Waals surface area (Å²) in [6.07, 6.45) is 2.76. The van der Waals surface area contributed by atoms with E-state index in [4.69, 9.17) is 0 Å². The van der Waals surface area contributed by atoms with E-state index in [1.54, 1.807) is 6.92 Å². The van der Waals surface area contributed by atoms with Crippen LogP contribution in [0, 0.1) is 22.2 Å². The summed E-state index contributed by atoms with van der Waals surface area (Å²) in [4.78, 5) is 31.3. The molecule has 116 valence electrons. The predicted molar refractivity (Wildman–Crippen MR) is 76.9 cm³/mol. The molecule has 0 bridgehead atoms. The molecule has 0 aliphatic carbocycles. The van der Waals surface area contributed by atoms with Crippen LogP contribution in [-0.2, 0) is 11.3 Å². The first kappa shape index (κ1) is 15.6. The van der Waals surface area contributed by atoms with Gasteiger partial charge in [0, 0.05) is 17.4 Å². The fourth-order valence-corrected chi connectivity index (χ4v) is 2.62. The van der Waals surface area contributed by atoms with Crippen molar-refractivity contribution in [2.24, 2.45) is 0 Å². The highest BCUT2D eigenvalue weighted by Gasteiger charge is 2.13. The molecular formula is C12H12N4O5S. The molecule has 0 unspecified atom stereocenters. The summed E-state index contributed by atoms with van der Waals surface area (Å²) in [5.74, 6) is -0.452. The van der Waals surface area contributed by atoms with Crippen molar-refractivity contribution in [3.8, 4) is 0 Å². The van der Waals surface area contributed by atoms with Gasteiger partial charge < -0.3 is 10.0 Å². The first-order valence-corrected chi connectivity index (χ1v) is 7.01. The predicted octanol–water partition coefficient (Wildman–Crippen LogP) is 1.09. The van der Waals surface area contributed by atoms with Crippen molar-refractivity contribution in [1.29, 1.82) is 0 Å². The number of nitrogens with one attached hydrogen (secondary N) is 1. The Hall–Kier alpha value is -2.75. The maximum atomic E-state index is 12.0. The van der Waals surface area contributed by atoms with Crippen molar-refractivity contribution < 1.29 is 19.4 Å². The molecule has 10 heteroatoms. The Morgan fingerprint density at radius 3 is 3.05 bits per heavy atom. The van der Waals surface area contributed by atoms with E-state index in [0.717, 1.165) is 11.1 Å². The summed E-state index contributed by atoms with van der Waals surface area (Å²) in [7, 11) is 0. The second-order valence-corrected chi connectivity index (χ2v) is 5.32. The van der Waals surface area contributed by atoms with Crippen molar-refractivity contribution in [1.82, 2.24) is 4.98 Å². The minimum atomic E-state index is -0.855. The summed E-state index contributed by atoms with van der Waals surface area (Å²) < 4.78 is 0.530. The standard InChI is InChI=1S/C12H12N4O5S/c1-8-10(4-6-21-16(19)20)22-12(13-8)14-11(17)9-3-2-5-15(18)7-9/h2-3,5,7H,4,6H2,1H3,(H,13,14,17). The maximum absolute atomic E-state index is 12.0. The zero-order valence-electron chi connectivity index (χ0n) is 11.5. The van der Waals surface area contributed by atoms with Crippen molar-refractivity contribution >= 4 is 22.4 Å². The summed E-state index contributed by atoms with van der Waals surface area (Å²) >= 11 is 1.21. The zero-order chi connectivity index (χ0) is 16.1. The third-order valence-corrected chi connectivity index (χ3v) is 3.81. The molecule has 1 amide bonds. The van der Waals surface area contributed by atoms with Crippen LogP contribution < -0.4 is 10.0 Å². The summed E-state index contributed by atoms with van der Waals surface area (Å²) in [6.45, 7) is 1.67. The number of nitrogens with zero attached hydrogens (tertiary/aromatic N) is 3. The molecule has 0 saturated carbocycles. The highest BCUT2D eigenvalue weighted by atomic mass is 32.1. The van der Waals surface area contributed by atoms with E-state index in [9.17, 15) is 20.1 Å². The van der Waals surface area contributed by atoms with E-state index in [2.05, 4.69) is 15.1 Å². The fraction of sp³-hybridized carbons (Fsp3) is 0.250. The first-order valence-electron chi connectivity index (χ1n) is 6.19. The largest absolute Gasteiger partial charge is 0.619 e. The lowest BCUT2D eigenvalue weighted by Gasteiger charge is -2.01. The summed E-state index contributed by atoms with van der Waals surface area (Å²) in [5, 5.41) is 23.3. The number of thiazole rings is 1. The SMILES string of the molecule is Cc1nc(NC(=O)c2ccc[n+]([O-])c2)sc1CCO[N+](=O)[O-]. The van der Waals surface area contributed by atoms with Gasteiger partial charge in [-0.25, -0.2) is 4.98 Å². The monoisotopic (exact) mass is 324 g/mol. The quantitative estimate of drug-likeness (QED) is 0.367. The van der Waals surface area contributed by atoms with Crippen LogP contribution in [0.1, 0.15) is 20.9 Å². The average Bonchev–Trinajstić information content (AvgIpc) is 2.78. The van der Waals surface area contributed by atoms with E-state index in [-0.39, 0.29) is 12.2 Å². The molecule has 2 rings (SSSR count). The molecule has 1 N–H and O–H groups in total. The second-order valence-electron chi connectivity index (χ2n) is 4.24. The molecule has 0 atom stereocenters. The maximum Gasteiger partial charge on any atom is 0.294 e. The minimum absolute atomic E-state index is 0.0711. The number of aromatic nitrogens is 2. The van der Waals surface area contributed by atoms with Gasteiger partial charge in [0.1, 0.15) is 12.2 Å². The van der Waals surface area contributed by atoms with Gasteiger partial charge in [0.05, 0.1) is 5.69 Å². The Labute approximate surface area is 128 Å². The summed E-state index contributed by atoms with van der Waals surface area (Å²) in [6, 6.07) is 2.98. The molecule has 2 aromatic heterocycles. The Bertz CT molecular complexity index is 703. The van der Waals surface area contributed by atoms with Crippen LogP contribution >= 0.6 is 11.3 Å². The molecule has 0 aliphatic rings. The van der Waals surface area contributed by atoms with Crippen molar-refractivity contribution in [3.05, 3.63) is 56.0 Å². The van der Waals surface area contributed by atoms with Crippen molar-refractivity contribution in [3.63, 3.8) is 0 Å². The number of hydrogen-bond donors (Lipinski definition) is 1. The Kier molecular flexibility index (Phi) is 4.84. The van der Waals surface area contributed by atoms with E-state index < -0.39 is 11.0 Å². The van der Waals surface area contributed by atoms with Gasteiger partial charge in [-0.05, 0) is 13.0 Å². The lowest BCUT2D eigenvalue weighted by molar-refractivity contribution is -0.757. The van der Waals surface area contributed by atoms with Gasteiger partial charge in [-0.3, -0.25) is 10.1 Å². The molecule has 0 spiro atoms. The second kappa shape index (κ2) is 6.80. The molecule has 0 aliphatic heterocycles. The van der Waals surface area contributed by atoms with Gasteiger partial charge in [-0.1, -0.05) is 0 Å². The number of aryl methyl sites for hydroxylation is 1. The van der Waals surface area contributed by atoms with Gasteiger partial charge in [0.2, 0.25) is 0 Å². The molecule has 2 heterocycles. The van der Waals surface area contributed by atoms with Crippen LogP contribution in [0.5, 0.6) is 0 Å². The Morgan fingerprint density at radius 2 is 2.36 bits per heavy atom. The van der Waals surface area contributed by atoms with Crippen LogP contribution in [0.2, 0.25) is 0 Å². The first-order chi connectivity index (χ1) is 10.5. The van der Waals surface area contributed by atoms with Crippen LogP contribution in [0.15, 0.2) is 24.5 Å². The molecule has 0 saturated heterocycles. The molecule has 22 heavy (non-hydrogen) atoms. The number of carbonyl (C=O) groups is 1. The van der Waals surface area contributed by atoms with Crippen molar-refractivity contribution in [2.75, 3.05) is 11.9 Å². The molecule has 0 radical (unpaired) electrons. The van der Waals surface area contributed by atoms with Crippen LogP contribution in [-0.4, -0.2) is 22.6 Å². The zero-order valence-corrected chi connectivity index (χ0v) is 12.3. The van der Waals surface area contributed by atoms with Gasteiger partial charge in [-0.15, -0.1) is 21.5 Å². The number of amides is 1. The van der Waals surface area contributed by atoms with E-state index in [1.165, 1.54) is 29.7 Å². The van der Waals surface area contributed by atoms with E-state index >= 15 is 0 Å². The number of rotatable bonds is 6. The molecule has 9 nitrogen and oxygen atoms in total. The van der Waals surface area contributed by atoms with Crippen LogP contribution in [0.3, 0.4) is 0 Å². The fourth-order valence-electron chi connectivity index (χ4n) is 1.68. The van der Waals surface area contributed by atoms with Crippen molar-refractivity contribution in [2.45, 2.75) is 13.3 Å². The third-order valence-electron chi connectivity index (χ3n) is 2.68. The van der Waals surface area contributed by atoms with Gasteiger partial charge in [-0.2, -0.15) is 4.73 Å². The third kappa shape index (κ3) is 4.12. The van der Waals surface area contributed by atoms with Crippen LogP contribution in [0.25, 0.3) is 0 Å². The normalized spacial score (nSPS) is 10.2. The van der Waals surface area contributed by atoms with E-state index in [0.29, 0.717) is 22.0 Å². The molecule has 0 aromatic carbocycles. The summed E-state index contributed by atoms with van der Waals surface area (Å²) in [5.41, 5.74) is 0.878. The van der Waals surface area contributed by atoms with Gasteiger partial charge in [0.25, 0.3) is 11.0 Å². The number of carbonyl (C=O) groups excluding carboxylic acids is 1. The highest BCUT2D eigenvalue weighted by Crippen LogP contribution is 2.23. The average molecular weight is 324 g/mol. The lowest BCUT2D eigenvalue weighted by Crippen LogP contribution is -2.27. The van der Waals surface area contributed by atoms with Gasteiger partial charge >= 0.3 is 0 Å². The highest BCUT2D eigenvalue weighted by molar-refractivity contribution is 7.15. The topological polar surface area (TPSA) is 121 Å². The lowest BCUT2D eigenvalue weighted by atomic mass is 10.3. The van der Waals surface area contributed by atoms with Gasteiger partial charge in [0.15, 0.2) is 17.5 Å². The smallest absolute Gasteiger partial charge is 0.294 e. The van der Waals surface area contributed by atoms with Crippen LogP contribution in [0.4, 0.5) is 5.13 Å². The molecular weight excluding hydrogens is 312 g/mol. The molecule has 2 aromatic rings. The van der Waals surface area contributed by atoms with E-state index in [1.807, 2.05) is 0 Å². The number of hydrogen-bond acceptors (Lipinski definition) is 7.